The molecular weight excluding hydrogens is 322 g/mol. The van der Waals surface area contributed by atoms with Crippen LogP contribution in [-0.4, -0.2) is 23.3 Å². The molecule has 0 radical (unpaired) electrons. The molecular formula is C10H8BrN3O3S. The van der Waals surface area contributed by atoms with Crippen LogP contribution in [0.15, 0.2) is 32.8 Å². The lowest BCUT2D eigenvalue weighted by molar-refractivity contribution is -0.115. The van der Waals surface area contributed by atoms with E-state index in [9.17, 15) is 9.59 Å². The molecule has 2 N–H and O–H groups in total. The van der Waals surface area contributed by atoms with Crippen LogP contribution in [0.2, 0.25) is 0 Å². The second-order valence-electron chi connectivity index (χ2n) is 3.17. The van der Waals surface area contributed by atoms with Crippen molar-refractivity contribution < 1.29 is 14.0 Å². The van der Waals surface area contributed by atoms with Crippen molar-refractivity contribution in [2.45, 2.75) is 0 Å². The van der Waals surface area contributed by atoms with Crippen molar-refractivity contribution in [3.8, 4) is 0 Å². The Hall–Kier alpha value is -1.67. The summed E-state index contributed by atoms with van der Waals surface area (Å²) in [7, 11) is 0. The smallest absolute Gasteiger partial charge is 0.287 e. The number of amides is 2. The Kier molecular flexibility index (Phi) is 4.11. The molecule has 0 aromatic carbocycles. The van der Waals surface area contributed by atoms with Crippen LogP contribution >= 0.6 is 27.3 Å². The summed E-state index contributed by atoms with van der Waals surface area (Å²) < 4.78 is 5.50. The standard InChI is InChI=1S/C10H8BrN3O3S/c11-7-2-1-6(17-7)9(16)13-5-8(15)14-10-12-3-4-18-10/h1-4H,5H2,(H,13,16)(H,12,14,15). The van der Waals surface area contributed by atoms with Gasteiger partial charge in [-0.05, 0) is 28.1 Å². The van der Waals surface area contributed by atoms with Gasteiger partial charge in [0.05, 0.1) is 6.54 Å². The lowest BCUT2D eigenvalue weighted by atomic mass is 10.4. The Morgan fingerprint density at radius 2 is 2.28 bits per heavy atom. The fourth-order valence-corrected chi connectivity index (χ4v) is 1.98. The minimum atomic E-state index is -0.449. The molecule has 6 nitrogen and oxygen atoms in total. The number of carbonyl (C=O) groups excluding carboxylic acids is 2. The number of anilines is 1. The molecule has 2 aromatic rings. The number of rotatable bonds is 4. The number of nitrogens with zero attached hydrogens (tertiary/aromatic N) is 1. The lowest BCUT2D eigenvalue weighted by Gasteiger charge is -2.02. The summed E-state index contributed by atoms with van der Waals surface area (Å²) in [4.78, 5) is 26.9. The average molecular weight is 330 g/mol. The van der Waals surface area contributed by atoms with E-state index in [4.69, 9.17) is 4.42 Å². The molecule has 2 rings (SSSR count). The second-order valence-corrected chi connectivity index (χ2v) is 4.85. The molecule has 0 aliphatic rings. The zero-order chi connectivity index (χ0) is 13.0. The normalized spacial score (nSPS) is 10.1. The molecule has 0 unspecified atom stereocenters. The molecule has 0 spiro atoms. The molecule has 94 valence electrons. The molecule has 2 heterocycles. The first-order chi connectivity index (χ1) is 8.65. The van der Waals surface area contributed by atoms with Crippen molar-refractivity contribution in [3.05, 3.63) is 34.1 Å². The summed E-state index contributed by atoms with van der Waals surface area (Å²) in [6.07, 6.45) is 1.58. The number of furan rings is 1. The first-order valence-electron chi connectivity index (χ1n) is 4.88. The minimum Gasteiger partial charge on any atom is -0.444 e. The number of aromatic nitrogens is 1. The molecule has 0 saturated heterocycles. The van der Waals surface area contributed by atoms with Gasteiger partial charge in [0, 0.05) is 11.6 Å². The Balaban J connectivity index is 1.81. The Labute approximate surface area is 115 Å². The van der Waals surface area contributed by atoms with Crippen molar-refractivity contribution >= 4 is 44.2 Å². The Bertz CT molecular complexity index is 552. The van der Waals surface area contributed by atoms with Crippen molar-refractivity contribution in [1.29, 1.82) is 0 Å². The lowest BCUT2D eigenvalue weighted by Crippen LogP contribution is -2.32. The van der Waals surface area contributed by atoms with E-state index in [1.165, 1.54) is 17.4 Å². The second kappa shape index (κ2) is 5.78. The molecule has 0 atom stereocenters. The predicted molar refractivity (Wildman–Crippen MR) is 69.5 cm³/mol. The van der Waals surface area contributed by atoms with Gasteiger partial charge in [-0.2, -0.15) is 0 Å². The number of carbonyl (C=O) groups is 2. The van der Waals surface area contributed by atoms with E-state index in [1.54, 1.807) is 17.6 Å². The third-order valence-corrected chi connectivity index (χ3v) is 3.00. The predicted octanol–water partition coefficient (Wildman–Crippen LogP) is 1.87. The van der Waals surface area contributed by atoms with Crippen LogP contribution in [0.4, 0.5) is 5.13 Å². The highest BCUT2D eigenvalue weighted by molar-refractivity contribution is 9.10. The SMILES string of the molecule is O=C(CNC(=O)c1ccc(Br)o1)Nc1nccs1. The molecule has 18 heavy (non-hydrogen) atoms. The van der Waals surface area contributed by atoms with E-state index in [2.05, 4.69) is 31.5 Å². The van der Waals surface area contributed by atoms with Gasteiger partial charge in [-0.15, -0.1) is 11.3 Å². The van der Waals surface area contributed by atoms with Gasteiger partial charge < -0.3 is 15.1 Å². The number of nitrogens with one attached hydrogen (secondary N) is 2. The van der Waals surface area contributed by atoms with Crippen LogP contribution in [0, 0.1) is 0 Å². The highest BCUT2D eigenvalue weighted by Gasteiger charge is 2.12. The third kappa shape index (κ3) is 3.41. The van der Waals surface area contributed by atoms with Crippen molar-refractivity contribution in [1.82, 2.24) is 10.3 Å². The maximum Gasteiger partial charge on any atom is 0.287 e. The van der Waals surface area contributed by atoms with Gasteiger partial charge in [-0.1, -0.05) is 0 Å². The van der Waals surface area contributed by atoms with E-state index < -0.39 is 5.91 Å². The number of hydrogen-bond donors (Lipinski definition) is 2. The quantitative estimate of drug-likeness (QED) is 0.896. The highest BCUT2D eigenvalue weighted by Crippen LogP contribution is 2.13. The molecule has 0 aliphatic heterocycles. The van der Waals surface area contributed by atoms with Crippen LogP contribution in [-0.2, 0) is 4.79 Å². The molecule has 0 saturated carbocycles. The fourth-order valence-electron chi connectivity index (χ4n) is 1.13. The van der Waals surface area contributed by atoms with Gasteiger partial charge in [0.2, 0.25) is 5.91 Å². The minimum absolute atomic E-state index is 0.142. The van der Waals surface area contributed by atoms with Gasteiger partial charge in [-0.25, -0.2) is 4.98 Å². The summed E-state index contributed by atoms with van der Waals surface area (Å²) in [5, 5.41) is 7.22. The maximum absolute atomic E-state index is 11.5. The largest absolute Gasteiger partial charge is 0.444 e. The first kappa shape index (κ1) is 12.8. The van der Waals surface area contributed by atoms with Crippen LogP contribution in [0.1, 0.15) is 10.6 Å². The van der Waals surface area contributed by atoms with Crippen LogP contribution < -0.4 is 10.6 Å². The van der Waals surface area contributed by atoms with Gasteiger partial charge >= 0.3 is 0 Å². The van der Waals surface area contributed by atoms with E-state index >= 15 is 0 Å². The van der Waals surface area contributed by atoms with Gasteiger partial charge in [-0.3, -0.25) is 9.59 Å². The number of thiazole rings is 1. The summed E-state index contributed by atoms with van der Waals surface area (Å²) in [5.74, 6) is -0.650. The van der Waals surface area contributed by atoms with Crippen molar-refractivity contribution in [2.24, 2.45) is 0 Å². The topological polar surface area (TPSA) is 84.2 Å². The highest BCUT2D eigenvalue weighted by atomic mass is 79.9. The van der Waals surface area contributed by atoms with Gasteiger partial charge in [0.15, 0.2) is 15.6 Å². The number of halogens is 1. The van der Waals surface area contributed by atoms with Gasteiger partial charge in [0.25, 0.3) is 5.91 Å². The summed E-state index contributed by atoms with van der Waals surface area (Å²) in [6.45, 7) is -0.142. The zero-order valence-corrected chi connectivity index (χ0v) is 11.4. The molecule has 0 fully saturated rings. The van der Waals surface area contributed by atoms with Crippen molar-refractivity contribution in [2.75, 3.05) is 11.9 Å². The first-order valence-corrected chi connectivity index (χ1v) is 6.55. The Morgan fingerprint density at radius 1 is 1.44 bits per heavy atom. The van der Waals surface area contributed by atoms with Crippen LogP contribution in [0.25, 0.3) is 0 Å². The molecule has 2 amide bonds. The van der Waals surface area contributed by atoms with Crippen molar-refractivity contribution in [3.63, 3.8) is 0 Å². The monoisotopic (exact) mass is 329 g/mol. The average Bonchev–Trinajstić information content (AvgIpc) is 2.97. The number of hydrogen-bond acceptors (Lipinski definition) is 5. The molecule has 8 heteroatoms. The van der Waals surface area contributed by atoms with E-state index in [0.717, 1.165) is 0 Å². The summed E-state index contributed by atoms with van der Waals surface area (Å²) >= 11 is 4.39. The van der Waals surface area contributed by atoms with Gasteiger partial charge in [0.1, 0.15) is 0 Å². The third-order valence-electron chi connectivity index (χ3n) is 1.89. The molecule has 2 aromatic heterocycles. The molecule has 0 aliphatic carbocycles. The maximum atomic E-state index is 11.5. The summed E-state index contributed by atoms with van der Waals surface area (Å²) in [6, 6.07) is 3.11. The van der Waals surface area contributed by atoms with E-state index in [0.29, 0.717) is 9.80 Å². The van der Waals surface area contributed by atoms with Crippen LogP contribution in [0.3, 0.4) is 0 Å². The molecule has 0 bridgehead atoms. The van der Waals surface area contributed by atoms with E-state index in [1.807, 2.05) is 0 Å². The van der Waals surface area contributed by atoms with Crippen LogP contribution in [0.5, 0.6) is 0 Å². The summed E-state index contributed by atoms with van der Waals surface area (Å²) in [5.41, 5.74) is 0. The zero-order valence-electron chi connectivity index (χ0n) is 8.97. The Morgan fingerprint density at radius 3 is 2.89 bits per heavy atom. The fraction of sp³-hybridized carbons (Fsp3) is 0.100. The van der Waals surface area contributed by atoms with E-state index in [-0.39, 0.29) is 18.2 Å².